The molecule has 0 saturated heterocycles. The number of ether oxygens (including phenoxy) is 1. The molecular weight excluding hydrogens is 280 g/mol. The Labute approximate surface area is 112 Å². The molecule has 96 valence electrons. The summed E-state index contributed by atoms with van der Waals surface area (Å²) in [7, 11) is 1.63. The lowest BCUT2D eigenvalue weighted by molar-refractivity contribution is 0.141. The van der Waals surface area contributed by atoms with Crippen LogP contribution in [0.4, 0.5) is 0 Å². The average Bonchev–Trinajstić information content (AvgIpc) is 2.29. The zero-order chi connectivity index (χ0) is 12.8. The van der Waals surface area contributed by atoms with E-state index in [9.17, 15) is 5.11 Å². The molecule has 1 rings (SSSR count). The standard InChI is InChI=1S/C14H21BrO2/c1-4-5-10(2)8-13(16)12-9-11(15)6-7-14(12)17-3/h6-7,9-10,13,16H,4-5,8H2,1-3H3. The highest BCUT2D eigenvalue weighted by molar-refractivity contribution is 9.10. The second-order valence-electron chi connectivity index (χ2n) is 4.53. The number of rotatable bonds is 6. The predicted molar refractivity (Wildman–Crippen MR) is 74.3 cm³/mol. The highest BCUT2D eigenvalue weighted by atomic mass is 79.9. The molecule has 0 aliphatic heterocycles. The number of methoxy groups -OCH3 is 1. The van der Waals surface area contributed by atoms with Crippen LogP contribution in [0, 0.1) is 5.92 Å². The number of halogens is 1. The number of benzene rings is 1. The molecule has 0 heterocycles. The summed E-state index contributed by atoms with van der Waals surface area (Å²) in [6, 6.07) is 5.74. The van der Waals surface area contributed by atoms with E-state index in [-0.39, 0.29) is 0 Å². The van der Waals surface area contributed by atoms with Crippen molar-refractivity contribution in [2.24, 2.45) is 5.92 Å². The van der Waals surface area contributed by atoms with E-state index in [2.05, 4.69) is 29.8 Å². The van der Waals surface area contributed by atoms with Crippen LogP contribution in [0.5, 0.6) is 5.75 Å². The third-order valence-corrected chi connectivity index (χ3v) is 3.45. The lowest BCUT2D eigenvalue weighted by Crippen LogP contribution is -2.06. The molecule has 2 unspecified atom stereocenters. The molecule has 0 spiro atoms. The Morgan fingerprint density at radius 2 is 2.12 bits per heavy atom. The molecule has 0 saturated carbocycles. The molecule has 2 nitrogen and oxygen atoms in total. The Hall–Kier alpha value is -0.540. The normalized spacial score (nSPS) is 14.4. The Balaban J connectivity index is 2.79. The second kappa shape index (κ2) is 7.02. The Morgan fingerprint density at radius 1 is 1.41 bits per heavy atom. The van der Waals surface area contributed by atoms with Crippen molar-refractivity contribution in [3.05, 3.63) is 28.2 Å². The highest BCUT2D eigenvalue weighted by Crippen LogP contribution is 2.32. The molecule has 1 aromatic carbocycles. The van der Waals surface area contributed by atoms with Gasteiger partial charge in [-0.2, -0.15) is 0 Å². The van der Waals surface area contributed by atoms with Crippen LogP contribution < -0.4 is 4.74 Å². The largest absolute Gasteiger partial charge is 0.496 e. The highest BCUT2D eigenvalue weighted by Gasteiger charge is 2.16. The van der Waals surface area contributed by atoms with Gasteiger partial charge in [0.15, 0.2) is 0 Å². The van der Waals surface area contributed by atoms with Gasteiger partial charge in [-0.3, -0.25) is 0 Å². The summed E-state index contributed by atoms with van der Waals surface area (Å²) in [4.78, 5) is 0. The fourth-order valence-corrected chi connectivity index (χ4v) is 2.46. The number of aliphatic hydroxyl groups is 1. The van der Waals surface area contributed by atoms with Gasteiger partial charge in [0, 0.05) is 10.0 Å². The quantitative estimate of drug-likeness (QED) is 0.848. The van der Waals surface area contributed by atoms with Crippen LogP contribution in [0.3, 0.4) is 0 Å². The van der Waals surface area contributed by atoms with Gasteiger partial charge < -0.3 is 9.84 Å². The van der Waals surface area contributed by atoms with E-state index >= 15 is 0 Å². The van der Waals surface area contributed by atoms with Gasteiger partial charge >= 0.3 is 0 Å². The SMILES string of the molecule is CCCC(C)CC(O)c1cc(Br)ccc1OC. The van der Waals surface area contributed by atoms with Gasteiger partial charge in [-0.1, -0.05) is 42.6 Å². The van der Waals surface area contributed by atoms with Crippen molar-refractivity contribution in [3.8, 4) is 5.75 Å². The summed E-state index contributed by atoms with van der Waals surface area (Å²) in [5, 5.41) is 10.3. The van der Waals surface area contributed by atoms with Gasteiger partial charge in [0.2, 0.25) is 0 Å². The maximum absolute atomic E-state index is 10.3. The first-order chi connectivity index (χ1) is 8.08. The molecule has 17 heavy (non-hydrogen) atoms. The van der Waals surface area contributed by atoms with E-state index in [1.807, 2.05) is 18.2 Å². The zero-order valence-electron chi connectivity index (χ0n) is 10.7. The van der Waals surface area contributed by atoms with Crippen LogP contribution in [-0.4, -0.2) is 12.2 Å². The van der Waals surface area contributed by atoms with Crippen LogP contribution in [0.1, 0.15) is 44.8 Å². The zero-order valence-corrected chi connectivity index (χ0v) is 12.3. The minimum atomic E-state index is -0.455. The van der Waals surface area contributed by atoms with Gasteiger partial charge in [-0.05, 0) is 30.5 Å². The van der Waals surface area contributed by atoms with Crippen LogP contribution in [0.15, 0.2) is 22.7 Å². The molecule has 1 aromatic rings. The number of hydrogen-bond acceptors (Lipinski definition) is 2. The van der Waals surface area contributed by atoms with E-state index in [1.165, 1.54) is 0 Å². The average molecular weight is 301 g/mol. The van der Waals surface area contributed by atoms with Gasteiger partial charge in [0.05, 0.1) is 13.2 Å². The third-order valence-electron chi connectivity index (χ3n) is 2.96. The Bertz CT molecular complexity index is 352. The van der Waals surface area contributed by atoms with Gasteiger partial charge in [-0.15, -0.1) is 0 Å². The van der Waals surface area contributed by atoms with Crippen molar-refractivity contribution in [1.82, 2.24) is 0 Å². The molecule has 0 fully saturated rings. The van der Waals surface area contributed by atoms with Crippen molar-refractivity contribution >= 4 is 15.9 Å². The molecule has 2 atom stereocenters. The van der Waals surface area contributed by atoms with E-state index in [4.69, 9.17) is 4.74 Å². The molecule has 1 N–H and O–H groups in total. The van der Waals surface area contributed by atoms with Crippen LogP contribution >= 0.6 is 15.9 Å². The van der Waals surface area contributed by atoms with Gasteiger partial charge in [-0.25, -0.2) is 0 Å². The predicted octanol–water partition coefficient (Wildman–Crippen LogP) is 4.32. The fourth-order valence-electron chi connectivity index (χ4n) is 2.08. The number of aliphatic hydroxyl groups excluding tert-OH is 1. The first-order valence-electron chi connectivity index (χ1n) is 6.10. The molecular formula is C14H21BrO2. The maximum Gasteiger partial charge on any atom is 0.124 e. The molecule has 0 aliphatic carbocycles. The second-order valence-corrected chi connectivity index (χ2v) is 5.45. The van der Waals surface area contributed by atoms with Gasteiger partial charge in [0.25, 0.3) is 0 Å². The minimum absolute atomic E-state index is 0.455. The Kier molecular flexibility index (Phi) is 6.00. The topological polar surface area (TPSA) is 29.5 Å². The van der Waals surface area contributed by atoms with Crippen LogP contribution in [0.25, 0.3) is 0 Å². The summed E-state index contributed by atoms with van der Waals surface area (Å²) < 4.78 is 6.25. The maximum atomic E-state index is 10.3. The summed E-state index contributed by atoms with van der Waals surface area (Å²) in [6.45, 7) is 4.35. The fraction of sp³-hybridized carbons (Fsp3) is 0.571. The minimum Gasteiger partial charge on any atom is -0.496 e. The molecule has 3 heteroatoms. The van der Waals surface area contributed by atoms with E-state index in [0.717, 1.165) is 35.0 Å². The van der Waals surface area contributed by atoms with E-state index in [0.29, 0.717) is 5.92 Å². The van der Waals surface area contributed by atoms with Crippen LogP contribution in [-0.2, 0) is 0 Å². The molecule has 0 aromatic heterocycles. The smallest absolute Gasteiger partial charge is 0.124 e. The molecule has 0 radical (unpaired) electrons. The third kappa shape index (κ3) is 4.32. The monoisotopic (exact) mass is 300 g/mol. The van der Waals surface area contributed by atoms with Crippen molar-refractivity contribution in [2.75, 3.05) is 7.11 Å². The molecule has 0 aliphatic rings. The van der Waals surface area contributed by atoms with Crippen molar-refractivity contribution in [3.63, 3.8) is 0 Å². The van der Waals surface area contributed by atoms with Crippen molar-refractivity contribution < 1.29 is 9.84 Å². The molecule has 0 bridgehead atoms. The van der Waals surface area contributed by atoms with Crippen molar-refractivity contribution in [1.29, 1.82) is 0 Å². The van der Waals surface area contributed by atoms with E-state index in [1.54, 1.807) is 7.11 Å². The lowest BCUT2D eigenvalue weighted by atomic mass is 9.94. The Morgan fingerprint density at radius 3 is 2.71 bits per heavy atom. The first-order valence-corrected chi connectivity index (χ1v) is 6.89. The summed E-state index contributed by atoms with van der Waals surface area (Å²) in [6.07, 6.45) is 2.63. The van der Waals surface area contributed by atoms with E-state index < -0.39 is 6.10 Å². The summed E-state index contributed by atoms with van der Waals surface area (Å²) in [5.74, 6) is 1.28. The molecule has 0 amide bonds. The lowest BCUT2D eigenvalue weighted by Gasteiger charge is -2.18. The summed E-state index contributed by atoms with van der Waals surface area (Å²) in [5.41, 5.74) is 0.866. The first kappa shape index (κ1) is 14.5. The summed E-state index contributed by atoms with van der Waals surface area (Å²) >= 11 is 3.42. The number of hydrogen-bond donors (Lipinski definition) is 1. The van der Waals surface area contributed by atoms with Crippen LogP contribution in [0.2, 0.25) is 0 Å². The van der Waals surface area contributed by atoms with Gasteiger partial charge in [0.1, 0.15) is 5.75 Å². The van der Waals surface area contributed by atoms with Crippen molar-refractivity contribution in [2.45, 2.75) is 39.2 Å².